The summed E-state index contributed by atoms with van der Waals surface area (Å²) in [6.07, 6.45) is 6.97. The van der Waals surface area contributed by atoms with Crippen LogP contribution in [0.4, 0.5) is 0 Å². The Kier molecular flexibility index (Phi) is 3.08. The molecular weight excluding hydrogens is 258 g/mol. The molecule has 0 radical (unpaired) electrons. The molecule has 2 rings (SSSR count). The molecule has 0 aromatic carbocycles. The van der Waals surface area contributed by atoms with Gasteiger partial charge in [0.05, 0.1) is 22.6 Å². The van der Waals surface area contributed by atoms with Crippen LogP contribution in [0.3, 0.4) is 0 Å². The summed E-state index contributed by atoms with van der Waals surface area (Å²) in [4.78, 5) is 8.51. The SMILES string of the molecule is CNCc1cncc(-n2cc(Br)cn2)n1. The average molecular weight is 268 g/mol. The molecule has 2 aromatic rings. The van der Waals surface area contributed by atoms with Crippen LogP contribution in [0.5, 0.6) is 0 Å². The second-order valence-electron chi connectivity index (χ2n) is 3.00. The van der Waals surface area contributed by atoms with E-state index >= 15 is 0 Å². The summed E-state index contributed by atoms with van der Waals surface area (Å²) in [6.45, 7) is 0.698. The number of nitrogens with zero attached hydrogens (tertiary/aromatic N) is 4. The number of aromatic nitrogens is 4. The van der Waals surface area contributed by atoms with Gasteiger partial charge in [0.25, 0.3) is 0 Å². The van der Waals surface area contributed by atoms with Crippen molar-refractivity contribution in [1.29, 1.82) is 0 Å². The van der Waals surface area contributed by atoms with Crippen LogP contribution >= 0.6 is 15.9 Å². The van der Waals surface area contributed by atoms with E-state index in [1.807, 2.05) is 13.2 Å². The van der Waals surface area contributed by atoms with Gasteiger partial charge in [-0.1, -0.05) is 0 Å². The largest absolute Gasteiger partial charge is 0.314 e. The van der Waals surface area contributed by atoms with Gasteiger partial charge in [0.1, 0.15) is 0 Å². The molecule has 0 spiro atoms. The van der Waals surface area contributed by atoms with Crippen molar-refractivity contribution in [1.82, 2.24) is 25.1 Å². The summed E-state index contributed by atoms with van der Waals surface area (Å²) >= 11 is 3.33. The number of rotatable bonds is 3. The fourth-order valence-corrected chi connectivity index (χ4v) is 1.48. The van der Waals surface area contributed by atoms with Crippen molar-refractivity contribution in [3.8, 4) is 5.82 Å². The molecule has 6 heteroatoms. The fourth-order valence-electron chi connectivity index (χ4n) is 1.20. The Morgan fingerprint density at radius 2 is 2.27 bits per heavy atom. The summed E-state index contributed by atoms with van der Waals surface area (Å²) in [5.74, 6) is 0.716. The topological polar surface area (TPSA) is 55.6 Å². The van der Waals surface area contributed by atoms with Crippen LogP contribution in [0.2, 0.25) is 0 Å². The lowest BCUT2D eigenvalue weighted by atomic mass is 10.4. The first-order chi connectivity index (χ1) is 7.29. The average Bonchev–Trinajstić information content (AvgIpc) is 2.66. The van der Waals surface area contributed by atoms with E-state index in [9.17, 15) is 0 Å². The van der Waals surface area contributed by atoms with Crippen LogP contribution in [0.15, 0.2) is 29.3 Å². The van der Waals surface area contributed by atoms with Crippen molar-refractivity contribution in [3.63, 3.8) is 0 Å². The molecule has 2 heterocycles. The zero-order chi connectivity index (χ0) is 10.7. The monoisotopic (exact) mass is 267 g/mol. The van der Waals surface area contributed by atoms with E-state index in [0.717, 1.165) is 10.2 Å². The Morgan fingerprint density at radius 3 is 2.93 bits per heavy atom. The molecule has 1 N–H and O–H groups in total. The molecule has 0 unspecified atom stereocenters. The summed E-state index contributed by atoms with van der Waals surface area (Å²) in [5.41, 5.74) is 0.890. The smallest absolute Gasteiger partial charge is 0.172 e. The van der Waals surface area contributed by atoms with Gasteiger partial charge < -0.3 is 5.32 Å². The maximum absolute atomic E-state index is 4.40. The van der Waals surface area contributed by atoms with Gasteiger partial charge in [0.2, 0.25) is 0 Å². The van der Waals surface area contributed by atoms with Crippen LogP contribution in [0.25, 0.3) is 5.82 Å². The van der Waals surface area contributed by atoms with Crippen LogP contribution in [-0.4, -0.2) is 26.8 Å². The molecule has 2 aromatic heterocycles. The van der Waals surface area contributed by atoms with Crippen LogP contribution < -0.4 is 5.32 Å². The first-order valence-electron chi connectivity index (χ1n) is 4.45. The normalized spacial score (nSPS) is 10.5. The van der Waals surface area contributed by atoms with Gasteiger partial charge in [-0.25, -0.2) is 9.67 Å². The highest BCUT2D eigenvalue weighted by Gasteiger charge is 2.02. The molecule has 0 aliphatic heterocycles. The molecule has 15 heavy (non-hydrogen) atoms. The van der Waals surface area contributed by atoms with Crippen molar-refractivity contribution in [3.05, 3.63) is 35.0 Å². The van der Waals surface area contributed by atoms with Gasteiger partial charge in [-0.2, -0.15) is 5.10 Å². The Labute approximate surface area is 95.7 Å². The maximum atomic E-state index is 4.40. The number of halogens is 1. The van der Waals surface area contributed by atoms with Gasteiger partial charge >= 0.3 is 0 Å². The van der Waals surface area contributed by atoms with Gasteiger partial charge in [-0.3, -0.25) is 4.98 Å². The third kappa shape index (κ3) is 2.40. The minimum atomic E-state index is 0.698. The molecule has 0 bridgehead atoms. The summed E-state index contributed by atoms with van der Waals surface area (Å²) in [6, 6.07) is 0. The molecule has 0 saturated carbocycles. The Morgan fingerprint density at radius 1 is 1.40 bits per heavy atom. The van der Waals surface area contributed by atoms with Gasteiger partial charge in [0, 0.05) is 18.9 Å². The summed E-state index contributed by atoms with van der Waals surface area (Å²) in [7, 11) is 1.87. The van der Waals surface area contributed by atoms with Crippen molar-refractivity contribution >= 4 is 15.9 Å². The molecule has 0 aliphatic carbocycles. The molecular formula is C9H10BrN5. The van der Waals surface area contributed by atoms with E-state index in [2.05, 4.69) is 36.3 Å². The number of hydrogen-bond donors (Lipinski definition) is 1. The van der Waals surface area contributed by atoms with Crippen molar-refractivity contribution < 1.29 is 0 Å². The second-order valence-corrected chi connectivity index (χ2v) is 3.92. The number of hydrogen-bond acceptors (Lipinski definition) is 4. The molecule has 0 saturated heterocycles. The highest BCUT2D eigenvalue weighted by atomic mass is 79.9. The van der Waals surface area contributed by atoms with E-state index in [1.54, 1.807) is 23.3 Å². The van der Waals surface area contributed by atoms with Crippen molar-refractivity contribution in [2.75, 3.05) is 7.05 Å². The predicted molar refractivity (Wildman–Crippen MR) is 59.6 cm³/mol. The standard InChI is InChI=1S/C9H10BrN5/c1-11-3-8-4-12-5-9(14-8)15-6-7(10)2-13-15/h2,4-6,11H,3H2,1H3. The first kappa shape index (κ1) is 10.3. The summed E-state index contributed by atoms with van der Waals surface area (Å²) in [5, 5.41) is 7.16. The molecule has 0 amide bonds. The Hall–Kier alpha value is -1.27. The van der Waals surface area contributed by atoms with Crippen LogP contribution in [0, 0.1) is 0 Å². The molecule has 78 valence electrons. The highest BCUT2D eigenvalue weighted by Crippen LogP contribution is 2.10. The van der Waals surface area contributed by atoms with Crippen molar-refractivity contribution in [2.45, 2.75) is 6.54 Å². The zero-order valence-corrected chi connectivity index (χ0v) is 9.77. The lowest BCUT2D eigenvalue weighted by molar-refractivity contribution is 0.760. The molecule has 5 nitrogen and oxygen atoms in total. The predicted octanol–water partition coefficient (Wildman–Crippen LogP) is 1.14. The first-order valence-corrected chi connectivity index (χ1v) is 5.25. The van der Waals surface area contributed by atoms with Crippen molar-refractivity contribution in [2.24, 2.45) is 0 Å². The Bertz CT molecular complexity index is 453. The summed E-state index contributed by atoms with van der Waals surface area (Å²) < 4.78 is 2.60. The van der Waals surface area contributed by atoms with Crippen LogP contribution in [-0.2, 0) is 6.54 Å². The third-order valence-corrected chi connectivity index (χ3v) is 2.22. The third-order valence-electron chi connectivity index (χ3n) is 1.82. The van der Waals surface area contributed by atoms with E-state index in [1.165, 1.54) is 0 Å². The zero-order valence-electron chi connectivity index (χ0n) is 8.18. The van der Waals surface area contributed by atoms with E-state index in [-0.39, 0.29) is 0 Å². The lowest BCUT2D eigenvalue weighted by Gasteiger charge is -2.02. The number of nitrogens with one attached hydrogen (secondary N) is 1. The maximum Gasteiger partial charge on any atom is 0.172 e. The molecule has 0 atom stereocenters. The van der Waals surface area contributed by atoms with E-state index in [0.29, 0.717) is 12.4 Å². The second kappa shape index (κ2) is 4.50. The highest BCUT2D eigenvalue weighted by molar-refractivity contribution is 9.10. The van der Waals surface area contributed by atoms with Crippen LogP contribution in [0.1, 0.15) is 5.69 Å². The lowest BCUT2D eigenvalue weighted by Crippen LogP contribution is -2.09. The fraction of sp³-hybridized carbons (Fsp3) is 0.222. The molecule has 0 fully saturated rings. The van der Waals surface area contributed by atoms with E-state index in [4.69, 9.17) is 0 Å². The quantitative estimate of drug-likeness (QED) is 0.907. The Balaban J connectivity index is 2.32. The molecule has 0 aliphatic rings. The van der Waals surface area contributed by atoms with Gasteiger partial charge in [-0.05, 0) is 23.0 Å². The van der Waals surface area contributed by atoms with E-state index < -0.39 is 0 Å². The minimum absolute atomic E-state index is 0.698. The minimum Gasteiger partial charge on any atom is -0.314 e. The van der Waals surface area contributed by atoms with Gasteiger partial charge in [0.15, 0.2) is 5.82 Å². The van der Waals surface area contributed by atoms with Gasteiger partial charge in [-0.15, -0.1) is 0 Å².